The Labute approximate surface area is 111 Å². The van der Waals surface area contributed by atoms with Gasteiger partial charge in [0.1, 0.15) is 0 Å². The topological polar surface area (TPSA) is 77.8 Å². The molecule has 0 radical (unpaired) electrons. The molecule has 1 aliphatic carbocycles. The maximum Gasteiger partial charge on any atom is 0.227 e. The Hall–Kier alpha value is -1.72. The lowest BCUT2D eigenvalue weighted by atomic mass is 9.96. The van der Waals surface area contributed by atoms with Crippen molar-refractivity contribution in [3.8, 4) is 0 Å². The van der Waals surface area contributed by atoms with Crippen LogP contribution >= 0.6 is 0 Å². The highest BCUT2D eigenvalue weighted by Gasteiger charge is 2.28. The molecular weight excluding hydrogens is 244 g/mol. The third-order valence-electron chi connectivity index (χ3n) is 3.12. The molecule has 102 valence electrons. The smallest absolute Gasteiger partial charge is 0.227 e. The van der Waals surface area contributed by atoms with Crippen LogP contribution < -0.4 is 0 Å². The molecule has 0 saturated heterocycles. The first-order chi connectivity index (χ1) is 9.02. The molecule has 0 amide bonds. The van der Waals surface area contributed by atoms with E-state index in [0.717, 1.165) is 11.6 Å². The van der Waals surface area contributed by atoms with E-state index in [1.165, 1.54) is 12.8 Å². The number of aromatic nitrogens is 4. The van der Waals surface area contributed by atoms with Crippen molar-refractivity contribution in [2.24, 2.45) is 0 Å². The highest BCUT2D eigenvalue weighted by atomic mass is 16.5. The van der Waals surface area contributed by atoms with Crippen LogP contribution in [0.2, 0.25) is 0 Å². The molecule has 0 bridgehead atoms. The van der Waals surface area contributed by atoms with Gasteiger partial charge >= 0.3 is 0 Å². The summed E-state index contributed by atoms with van der Waals surface area (Å²) in [6.45, 7) is 6.17. The monoisotopic (exact) mass is 262 g/mol. The second kappa shape index (κ2) is 4.43. The Bertz CT molecular complexity index is 563. The summed E-state index contributed by atoms with van der Waals surface area (Å²) in [5, 5.41) is 7.97. The van der Waals surface area contributed by atoms with E-state index >= 15 is 0 Å². The first-order valence-corrected chi connectivity index (χ1v) is 6.68. The van der Waals surface area contributed by atoms with Gasteiger partial charge in [0, 0.05) is 24.2 Å². The summed E-state index contributed by atoms with van der Waals surface area (Å²) < 4.78 is 10.4. The zero-order valence-electron chi connectivity index (χ0n) is 11.5. The maximum absolute atomic E-state index is 5.23. The average Bonchev–Trinajstić information content (AvgIpc) is 2.91. The van der Waals surface area contributed by atoms with E-state index < -0.39 is 0 Å². The average molecular weight is 262 g/mol. The molecule has 0 atom stereocenters. The van der Waals surface area contributed by atoms with E-state index in [4.69, 9.17) is 9.05 Å². The van der Waals surface area contributed by atoms with Gasteiger partial charge in [-0.1, -0.05) is 31.1 Å². The van der Waals surface area contributed by atoms with E-state index in [9.17, 15) is 0 Å². The molecule has 0 aromatic carbocycles. The number of nitrogens with zero attached hydrogens (tertiary/aromatic N) is 4. The minimum atomic E-state index is -0.0919. The third kappa shape index (κ3) is 2.83. The van der Waals surface area contributed by atoms with Gasteiger partial charge in [-0.05, 0) is 12.8 Å². The summed E-state index contributed by atoms with van der Waals surface area (Å²) in [5.74, 6) is 3.37. The van der Waals surface area contributed by atoms with Crippen LogP contribution in [-0.2, 0) is 18.3 Å². The Morgan fingerprint density at radius 1 is 1.00 bits per heavy atom. The fraction of sp³-hybridized carbons (Fsp3) is 0.692. The molecule has 1 saturated carbocycles. The van der Waals surface area contributed by atoms with Gasteiger partial charge in [-0.15, -0.1) is 0 Å². The van der Waals surface area contributed by atoms with Crippen molar-refractivity contribution in [1.29, 1.82) is 0 Å². The first kappa shape index (κ1) is 12.3. The predicted octanol–water partition coefficient (Wildman–Crippen LogP) is 2.41. The van der Waals surface area contributed by atoms with Crippen LogP contribution in [0.4, 0.5) is 0 Å². The summed E-state index contributed by atoms with van der Waals surface area (Å²) in [5.41, 5.74) is -0.0919. The predicted molar refractivity (Wildman–Crippen MR) is 66.7 cm³/mol. The third-order valence-corrected chi connectivity index (χ3v) is 3.12. The minimum absolute atomic E-state index is 0.0919. The van der Waals surface area contributed by atoms with Crippen LogP contribution in [0.5, 0.6) is 0 Å². The Morgan fingerprint density at radius 3 is 2.21 bits per heavy atom. The van der Waals surface area contributed by atoms with Gasteiger partial charge in [0.25, 0.3) is 0 Å². The van der Waals surface area contributed by atoms with Crippen molar-refractivity contribution in [3.05, 3.63) is 23.4 Å². The summed E-state index contributed by atoms with van der Waals surface area (Å²) in [6, 6.07) is 0. The van der Waals surface area contributed by atoms with Gasteiger partial charge in [0.2, 0.25) is 11.8 Å². The van der Waals surface area contributed by atoms with E-state index in [-0.39, 0.29) is 5.41 Å². The van der Waals surface area contributed by atoms with Crippen molar-refractivity contribution < 1.29 is 9.05 Å². The Morgan fingerprint density at radius 2 is 1.63 bits per heavy atom. The SMILES string of the molecule is CC(C)(C)c1noc(CCc2nc(C3CC3)no2)n1. The second-order valence-corrected chi connectivity index (χ2v) is 6.08. The van der Waals surface area contributed by atoms with Crippen molar-refractivity contribution >= 4 is 0 Å². The lowest BCUT2D eigenvalue weighted by Crippen LogP contribution is -2.13. The summed E-state index contributed by atoms with van der Waals surface area (Å²) >= 11 is 0. The number of hydrogen-bond acceptors (Lipinski definition) is 6. The van der Waals surface area contributed by atoms with E-state index in [1.54, 1.807) is 0 Å². The van der Waals surface area contributed by atoms with E-state index in [2.05, 4.69) is 41.1 Å². The standard InChI is InChI=1S/C13H18N4O2/c1-13(2,3)12-15-10(19-17-12)7-6-9-14-11(16-18-9)8-4-5-8/h8H,4-7H2,1-3H3. The fourth-order valence-corrected chi connectivity index (χ4v) is 1.75. The summed E-state index contributed by atoms with van der Waals surface area (Å²) in [6.07, 6.45) is 3.63. The van der Waals surface area contributed by atoms with E-state index in [1.807, 2.05) is 0 Å². The van der Waals surface area contributed by atoms with Gasteiger partial charge < -0.3 is 9.05 Å². The number of hydrogen-bond donors (Lipinski definition) is 0. The van der Waals surface area contributed by atoms with Gasteiger partial charge in [0.15, 0.2) is 11.6 Å². The van der Waals surface area contributed by atoms with Crippen molar-refractivity contribution in [1.82, 2.24) is 20.3 Å². The lowest BCUT2D eigenvalue weighted by Gasteiger charge is -2.10. The fourth-order valence-electron chi connectivity index (χ4n) is 1.75. The molecule has 1 aliphatic rings. The highest BCUT2D eigenvalue weighted by Crippen LogP contribution is 2.38. The Balaban J connectivity index is 1.60. The van der Waals surface area contributed by atoms with Crippen LogP contribution in [0.25, 0.3) is 0 Å². The molecule has 1 fully saturated rings. The Kier molecular flexibility index (Phi) is 2.88. The highest BCUT2D eigenvalue weighted by molar-refractivity contribution is 5.04. The maximum atomic E-state index is 5.23. The molecule has 0 unspecified atom stereocenters. The number of aryl methyl sites for hydroxylation is 2. The molecular formula is C13H18N4O2. The van der Waals surface area contributed by atoms with Crippen LogP contribution in [0.3, 0.4) is 0 Å². The molecule has 2 aromatic rings. The molecule has 3 rings (SSSR count). The van der Waals surface area contributed by atoms with Gasteiger partial charge in [-0.2, -0.15) is 9.97 Å². The van der Waals surface area contributed by atoms with Gasteiger partial charge in [-0.3, -0.25) is 0 Å². The normalized spacial score (nSPS) is 15.9. The van der Waals surface area contributed by atoms with Crippen LogP contribution in [0.1, 0.15) is 63.0 Å². The van der Waals surface area contributed by atoms with Crippen molar-refractivity contribution in [2.75, 3.05) is 0 Å². The summed E-state index contributed by atoms with van der Waals surface area (Å²) in [4.78, 5) is 8.76. The zero-order valence-corrected chi connectivity index (χ0v) is 11.5. The molecule has 6 nitrogen and oxygen atoms in total. The van der Waals surface area contributed by atoms with Crippen molar-refractivity contribution in [2.45, 2.75) is 57.8 Å². The largest absolute Gasteiger partial charge is 0.339 e. The summed E-state index contributed by atoms with van der Waals surface area (Å²) in [7, 11) is 0. The van der Waals surface area contributed by atoms with Crippen LogP contribution in [0, 0.1) is 0 Å². The first-order valence-electron chi connectivity index (χ1n) is 6.68. The molecule has 6 heteroatoms. The molecule has 0 spiro atoms. The van der Waals surface area contributed by atoms with Crippen LogP contribution in [-0.4, -0.2) is 20.3 Å². The molecule has 2 aromatic heterocycles. The van der Waals surface area contributed by atoms with Crippen LogP contribution in [0.15, 0.2) is 9.05 Å². The molecule has 0 N–H and O–H groups in total. The second-order valence-electron chi connectivity index (χ2n) is 6.08. The van der Waals surface area contributed by atoms with Gasteiger partial charge in [-0.25, -0.2) is 0 Å². The molecule has 0 aliphatic heterocycles. The van der Waals surface area contributed by atoms with Crippen molar-refractivity contribution in [3.63, 3.8) is 0 Å². The minimum Gasteiger partial charge on any atom is -0.339 e. The zero-order chi connectivity index (χ0) is 13.5. The van der Waals surface area contributed by atoms with E-state index in [0.29, 0.717) is 30.5 Å². The number of rotatable bonds is 4. The molecule has 2 heterocycles. The lowest BCUT2D eigenvalue weighted by molar-refractivity contribution is 0.345. The van der Waals surface area contributed by atoms with Gasteiger partial charge in [0.05, 0.1) is 0 Å². The molecule has 19 heavy (non-hydrogen) atoms. The quantitative estimate of drug-likeness (QED) is 0.842.